The van der Waals surface area contributed by atoms with Crippen molar-refractivity contribution in [1.82, 2.24) is 4.98 Å². The second kappa shape index (κ2) is 14.0. The minimum Gasteiger partial charge on any atom is -0.480 e. The molecule has 29 heavy (non-hydrogen) atoms. The highest BCUT2D eigenvalue weighted by molar-refractivity contribution is 7.99. The molecule has 0 saturated carbocycles. The molecule has 0 aliphatic rings. The van der Waals surface area contributed by atoms with Gasteiger partial charge < -0.3 is 10.4 Å². The Kier molecular flexibility index (Phi) is 12.1. The predicted octanol–water partition coefficient (Wildman–Crippen LogP) is 6.41. The van der Waals surface area contributed by atoms with Crippen molar-refractivity contribution in [2.24, 2.45) is 0 Å². The van der Waals surface area contributed by atoms with E-state index in [0.29, 0.717) is 11.6 Å². The fraction of sp³-hybridized carbons (Fsp3) is 0.500. The molecule has 0 fully saturated rings. The summed E-state index contributed by atoms with van der Waals surface area (Å²) in [5.74, 6) is 1.11. The van der Waals surface area contributed by atoms with Crippen molar-refractivity contribution in [2.45, 2.75) is 66.3 Å². The van der Waals surface area contributed by atoms with Crippen molar-refractivity contribution < 1.29 is 9.90 Å². The van der Waals surface area contributed by atoms with E-state index in [1.54, 1.807) is 18.0 Å². The molecule has 2 N–H and O–H groups in total. The van der Waals surface area contributed by atoms with Crippen LogP contribution in [0.1, 0.15) is 58.9 Å². The summed E-state index contributed by atoms with van der Waals surface area (Å²) in [5, 5.41) is 12.5. The number of aromatic nitrogens is 1. The summed E-state index contributed by atoms with van der Waals surface area (Å²) in [5.41, 5.74) is 5.13. The molecule has 0 amide bonds. The molecular formula is C24H36N2O2S. The average Bonchev–Trinajstić information content (AvgIpc) is 2.65. The Bertz CT molecular complexity index is 734. The molecule has 1 aromatic heterocycles. The third kappa shape index (κ3) is 11.5. The molecule has 0 spiro atoms. The number of carboxylic acids is 1. The second-order valence-electron chi connectivity index (χ2n) is 7.70. The number of rotatable bonds is 13. The lowest BCUT2D eigenvalue weighted by atomic mass is 10.1. The number of carboxylic acid groups (broad SMARTS) is 1. The van der Waals surface area contributed by atoms with E-state index in [1.165, 1.54) is 16.7 Å². The number of nitrogens with zero attached hydrogens (tertiary/aromatic N) is 1. The van der Waals surface area contributed by atoms with E-state index in [0.717, 1.165) is 37.0 Å². The fourth-order valence-corrected chi connectivity index (χ4v) is 3.70. The molecule has 0 saturated heterocycles. The van der Waals surface area contributed by atoms with Gasteiger partial charge in [-0.15, -0.1) is 0 Å². The molecule has 1 rings (SSSR count). The molecule has 1 aromatic rings. The number of allylic oxidation sites excluding steroid dienone is 5. The summed E-state index contributed by atoms with van der Waals surface area (Å²) in [6.45, 7) is 10.6. The zero-order valence-corrected chi connectivity index (χ0v) is 19.3. The molecule has 0 aliphatic heterocycles. The van der Waals surface area contributed by atoms with Crippen molar-refractivity contribution in [1.29, 1.82) is 0 Å². The van der Waals surface area contributed by atoms with E-state index >= 15 is 0 Å². The summed E-state index contributed by atoms with van der Waals surface area (Å²) in [6.07, 6.45) is 12.9. The highest BCUT2D eigenvalue weighted by Gasteiger charge is 2.18. The van der Waals surface area contributed by atoms with E-state index in [-0.39, 0.29) is 0 Å². The van der Waals surface area contributed by atoms with E-state index in [4.69, 9.17) is 0 Å². The Balaban J connectivity index is 2.36. The second-order valence-corrected chi connectivity index (χ2v) is 8.78. The van der Waals surface area contributed by atoms with Crippen molar-refractivity contribution in [2.75, 3.05) is 16.8 Å². The molecule has 1 unspecified atom stereocenters. The summed E-state index contributed by atoms with van der Waals surface area (Å²) >= 11 is 1.63. The van der Waals surface area contributed by atoms with Crippen molar-refractivity contribution >= 4 is 23.5 Å². The summed E-state index contributed by atoms with van der Waals surface area (Å²) < 4.78 is 0. The van der Waals surface area contributed by atoms with Gasteiger partial charge in [0, 0.05) is 17.7 Å². The van der Waals surface area contributed by atoms with Gasteiger partial charge in [0.05, 0.1) is 0 Å². The SMILES string of the molecule is CC(C)=CCCC(C)=CCCC(C)=CCSCC(Nc1ncccc1C)C(=O)O. The van der Waals surface area contributed by atoms with Crippen LogP contribution in [-0.4, -0.2) is 33.6 Å². The standard InChI is InChI=1S/C24H36N2O2S/c1-18(2)9-6-10-19(3)11-7-12-20(4)14-16-29-17-22(24(27)28)26-23-21(5)13-8-15-25-23/h8-9,11,13-15,22H,6-7,10,12,16-17H2,1-5H3,(H,25,26)(H,27,28). The molecule has 160 valence electrons. The highest BCUT2D eigenvalue weighted by Crippen LogP contribution is 2.15. The van der Waals surface area contributed by atoms with Gasteiger partial charge in [-0.2, -0.15) is 11.8 Å². The van der Waals surface area contributed by atoms with E-state index in [1.807, 2.05) is 19.1 Å². The number of anilines is 1. The number of thioether (sulfide) groups is 1. The van der Waals surface area contributed by atoms with E-state index in [2.05, 4.69) is 56.2 Å². The van der Waals surface area contributed by atoms with Crippen molar-refractivity contribution in [3.8, 4) is 0 Å². The maximum Gasteiger partial charge on any atom is 0.327 e. The van der Waals surface area contributed by atoms with Crippen LogP contribution in [0.3, 0.4) is 0 Å². The Morgan fingerprint density at radius 2 is 1.79 bits per heavy atom. The molecule has 0 bridgehead atoms. The Hall–Kier alpha value is -2.01. The zero-order chi connectivity index (χ0) is 21.6. The minimum atomic E-state index is -0.850. The van der Waals surface area contributed by atoms with Crippen LogP contribution in [0.25, 0.3) is 0 Å². The number of carbonyl (C=O) groups is 1. The molecule has 1 atom stereocenters. The van der Waals surface area contributed by atoms with Crippen molar-refractivity contribution in [3.63, 3.8) is 0 Å². The highest BCUT2D eigenvalue weighted by atomic mass is 32.2. The molecule has 0 aliphatic carbocycles. The fourth-order valence-electron chi connectivity index (χ4n) is 2.70. The Morgan fingerprint density at radius 1 is 1.14 bits per heavy atom. The molecule has 0 aromatic carbocycles. The van der Waals surface area contributed by atoms with Crippen LogP contribution in [0.2, 0.25) is 0 Å². The number of pyridine rings is 1. The summed E-state index contributed by atoms with van der Waals surface area (Å²) in [6, 6.07) is 3.12. The van der Waals surface area contributed by atoms with Crippen LogP contribution in [0.15, 0.2) is 53.3 Å². The van der Waals surface area contributed by atoms with Gasteiger partial charge in [0.25, 0.3) is 0 Å². The molecular weight excluding hydrogens is 380 g/mol. The minimum absolute atomic E-state index is 0.499. The van der Waals surface area contributed by atoms with Crippen LogP contribution in [0.4, 0.5) is 5.82 Å². The van der Waals surface area contributed by atoms with E-state index in [9.17, 15) is 9.90 Å². The number of hydrogen-bond acceptors (Lipinski definition) is 4. The van der Waals surface area contributed by atoms with Gasteiger partial charge in [-0.25, -0.2) is 9.78 Å². The smallest absolute Gasteiger partial charge is 0.327 e. The van der Waals surface area contributed by atoms with E-state index < -0.39 is 12.0 Å². The largest absolute Gasteiger partial charge is 0.480 e. The van der Waals surface area contributed by atoms with Gasteiger partial charge in [-0.3, -0.25) is 0 Å². The summed E-state index contributed by atoms with van der Waals surface area (Å²) in [4.78, 5) is 15.8. The number of aliphatic carboxylic acids is 1. The van der Waals surface area contributed by atoms with Crippen molar-refractivity contribution in [3.05, 3.63) is 58.8 Å². The molecule has 5 heteroatoms. The number of hydrogen-bond donors (Lipinski definition) is 2. The maximum absolute atomic E-state index is 11.5. The summed E-state index contributed by atoms with van der Waals surface area (Å²) in [7, 11) is 0. The topological polar surface area (TPSA) is 62.2 Å². The third-order valence-electron chi connectivity index (χ3n) is 4.58. The molecule has 4 nitrogen and oxygen atoms in total. The Labute approximate surface area is 180 Å². The van der Waals surface area contributed by atoms with Gasteiger partial charge in [-0.05, 0) is 71.9 Å². The first-order valence-corrected chi connectivity index (χ1v) is 11.4. The van der Waals surface area contributed by atoms with Crippen LogP contribution in [-0.2, 0) is 4.79 Å². The lowest BCUT2D eigenvalue weighted by Gasteiger charge is -2.15. The average molecular weight is 417 g/mol. The van der Waals surface area contributed by atoms with Gasteiger partial charge in [0.15, 0.2) is 0 Å². The predicted molar refractivity (Wildman–Crippen MR) is 127 cm³/mol. The van der Waals surface area contributed by atoms with Crippen LogP contribution in [0.5, 0.6) is 0 Å². The molecule has 0 radical (unpaired) electrons. The number of nitrogens with one attached hydrogen (secondary N) is 1. The first-order valence-electron chi connectivity index (χ1n) is 10.2. The van der Waals surface area contributed by atoms with Crippen LogP contribution < -0.4 is 5.32 Å². The monoisotopic (exact) mass is 416 g/mol. The lowest BCUT2D eigenvalue weighted by molar-refractivity contribution is -0.137. The first kappa shape index (κ1) is 25.0. The normalized spacial score (nSPS) is 13.1. The lowest BCUT2D eigenvalue weighted by Crippen LogP contribution is -2.32. The Morgan fingerprint density at radius 3 is 2.41 bits per heavy atom. The van der Waals surface area contributed by atoms with Gasteiger partial charge in [-0.1, -0.05) is 41.0 Å². The van der Waals surface area contributed by atoms with Gasteiger partial charge in [0.1, 0.15) is 11.9 Å². The number of aryl methyl sites for hydroxylation is 1. The molecule has 1 heterocycles. The first-order chi connectivity index (χ1) is 13.8. The van der Waals surface area contributed by atoms with Gasteiger partial charge >= 0.3 is 5.97 Å². The van der Waals surface area contributed by atoms with Crippen LogP contribution >= 0.6 is 11.8 Å². The third-order valence-corrected chi connectivity index (χ3v) is 5.55. The van der Waals surface area contributed by atoms with Gasteiger partial charge in [0.2, 0.25) is 0 Å². The van der Waals surface area contributed by atoms with Crippen LogP contribution in [0, 0.1) is 6.92 Å². The maximum atomic E-state index is 11.5. The quantitative estimate of drug-likeness (QED) is 0.287. The zero-order valence-electron chi connectivity index (χ0n) is 18.5.